The summed E-state index contributed by atoms with van der Waals surface area (Å²) in [7, 11) is 0. The molecule has 2 N–H and O–H groups in total. The molecule has 3 rings (SSSR count). The second-order valence-electron chi connectivity index (χ2n) is 5.14. The molecule has 0 radical (unpaired) electrons. The summed E-state index contributed by atoms with van der Waals surface area (Å²) in [5, 5.41) is 16.6. The first kappa shape index (κ1) is 12.0. The minimum atomic E-state index is -0.695. The standard InChI is InChI=1S/C13H16N4O2/c1-8-4-11-14-7-15-17(11)12(5-8)16-10-3-2-9(6-10)13(18)19/h4-5,7,9-10,16H,2-3,6H2,1H3,(H,18,19). The highest BCUT2D eigenvalue weighted by atomic mass is 16.4. The molecule has 1 saturated carbocycles. The van der Waals surface area contributed by atoms with Crippen molar-refractivity contribution in [3.63, 3.8) is 0 Å². The summed E-state index contributed by atoms with van der Waals surface area (Å²) in [6, 6.07) is 4.16. The lowest BCUT2D eigenvalue weighted by Gasteiger charge is -2.15. The molecular formula is C13H16N4O2. The number of hydrogen-bond acceptors (Lipinski definition) is 4. The van der Waals surface area contributed by atoms with Gasteiger partial charge in [-0.25, -0.2) is 4.98 Å². The first-order valence-electron chi connectivity index (χ1n) is 6.43. The fourth-order valence-corrected chi connectivity index (χ4v) is 2.71. The third-order valence-corrected chi connectivity index (χ3v) is 3.66. The molecule has 6 heteroatoms. The van der Waals surface area contributed by atoms with Gasteiger partial charge in [-0.05, 0) is 43.9 Å². The summed E-state index contributed by atoms with van der Waals surface area (Å²) in [4.78, 5) is 15.1. The Bertz CT molecular complexity index is 622. The largest absolute Gasteiger partial charge is 0.481 e. The van der Waals surface area contributed by atoms with Gasteiger partial charge < -0.3 is 10.4 Å². The Morgan fingerprint density at radius 3 is 3.05 bits per heavy atom. The van der Waals surface area contributed by atoms with Crippen LogP contribution in [0.3, 0.4) is 0 Å². The zero-order valence-corrected chi connectivity index (χ0v) is 10.7. The van der Waals surface area contributed by atoms with E-state index < -0.39 is 5.97 Å². The van der Waals surface area contributed by atoms with Crippen molar-refractivity contribution in [1.29, 1.82) is 0 Å². The van der Waals surface area contributed by atoms with Crippen molar-refractivity contribution in [3.05, 3.63) is 24.0 Å². The van der Waals surface area contributed by atoms with Gasteiger partial charge in [-0.3, -0.25) is 4.79 Å². The fraction of sp³-hybridized carbons (Fsp3) is 0.462. The maximum atomic E-state index is 11.0. The number of carboxylic acids is 1. The lowest BCUT2D eigenvalue weighted by atomic mass is 10.1. The molecule has 0 amide bonds. The Hall–Kier alpha value is -2.11. The number of nitrogens with one attached hydrogen (secondary N) is 1. The SMILES string of the molecule is Cc1cc(NC2CCC(C(=O)O)C2)n2ncnc2c1. The van der Waals surface area contributed by atoms with Gasteiger partial charge in [0.2, 0.25) is 0 Å². The molecule has 1 aliphatic rings. The van der Waals surface area contributed by atoms with Crippen molar-refractivity contribution < 1.29 is 9.90 Å². The number of fused-ring (bicyclic) bond motifs is 1. The number of aliphatic carboxylic acids is 1. The maximum absolute atomic E-state index is 11.0. The van der Waals surface area contributed by atoms with Crippen LogP contribution in [0.2, 0.25) is 0 Å². The van der Waals surface area contributed by atoms with Crippen LogP contribution < -0.4 is 5.32 Å². The number of rotatable bonds is 3. The first-order valence-corrected chi connectivity index (χ1v) is 6.43. The predicted octanol–water partition coefficient (Wildman–Crippen LogP) is 1.70. The number of carbonyl (C=O) groups is 1. The number of aryl methyl sites for hydroxylation is 1. The smallest absolute Gasteiger partial charge is 0.306 e. The zero-order chi connectivity index (χ0) is 13.4. The van der Waals surface area contributed by atoms with E-state index in [-0.39, 0.29) is 12.0 Å². The Balaban J connectivity index is 1.82. The first-order chi connectivity index (χ1) is 9.13. The van der Waals surface area contributed by atoms with Gasteiger partial charge in [-0.15, -0.1) is 0 Å². The number of nitrogens with zero attached hydrogens (tertiary/aromatic N) is 3. The van der Waals surface area contributed by atoms with Gasteiger partial charge in [-0.2, -0.15) is 9.61 Å². The van der Waals surface area contributed by atoms with Gasteiger partial charge in [0, 0.05) is 6.04 Å². The topological polar surface area (TPSA) is 79.5 Å². The summed E-state index contributed by atoms with van der Waals surface area (Å²) in [5.41, 5.74) is 1.91. The molecule has 100 valence electrons. The second kappa shape index (κ2) is 4.53. The van der Waals surface area contributed by atoms with E-state index in [0.29, 0.717) is 6.42 Å². The molecule has 0 aliphatic heterocycles. The van der Waals surface area contributed by atoms with E-state index in [4.69, 9.17) is 5.11 Å². The third-order valence-electron chi connectivity index (χ3n) is 3.66. The average molecular weight is 260 g/mol. The van der Waals surface area contributed by atoms with Gasteiger partial charge in [0.25, 0.3) is 0 Å². The zero-order valence-electron chi connectivity index (χ0n) is 10.7. The van der Waals surface area contributed by atoms with Gasteiger partial charge in [0.1, 0.15) is 12.1 Å². The molecule has 2 aromatic rings. The molecule has 2 heterocycles. The molecule has 19 heavy (non-hydrogen) atoms. The molecule has 2 atom stereocenters. The third kappa shape index (κ3) is 2.25. The molecule has 0 saturated heterocycles. The van der Waals surface area contributed by atoms with E-state index in [1.165, 1.54) is 6.33 Å². The van der Waals surface area contributed by atoms with Crippen LogP contribution in [-0.4, -0.2) is 31.7 Å². The summed E-state index contributed by atoms with van der Waals surface area (Å²) < 4.78 is 1.75. The summed E-state index contributed by atoms with van der Waals surface area (Å²) in [6.07, 6.45) is 3.80. The van der Waals surface area contributed by atoms with Gasteiger partial charge >= 0.3 is 5.97 Å². The highest BCUT2D eigenvalue weighted by molar-refractivity contribution is 5.70. The highest BCUT2D eigenvalue weighted by Gasteiger charge is 2.29. The minimum absolute atomic E-state index is 0.190. The number of pyridine rings is 1. The fourth-order valence-electron chi connectivity index (χ4n) is 2.71. The van der Waals surface area contributed by atoms with Crippen molar-refractivity contribution in [2.75, 3.05) is 5.32 Å². The molecule has 0 bridgehead atoms. The van der Waals surface area contributed by atoms with Crippen LogP contribution in [0.1, 0.15) is 24.8 Å². The number of hydrogen-bond donors (Lipinski definition) is 2. The van der Waals surface area contributed by atoms with Crippen molar-refractivity contribution in [2.24, 2.45) is 5.92 Å². The second-order valence-corrected chi connectivity index (χ2v) is 5.14. The molecule has 0 spiro atoms. The Labute approximate surface area is 110 Å². The van der Waals surface area contributed by atoms with Crippen LogP contribution in [0.4, 0.5) is 5.82 Å². The Kier molecular flexibility index (Phi) is 2.85. The van der Waals surface area contributed by atoms with E-state index >= 15 is 0 Å². The summed E-state index contributed by atoms with van der Waals surface area (Å²) in [6.45, 7) is 2.01. The van der Waals surface area contributed by atoms with E-state index in [2.05, 4.69) is 15.4 Å². The minimum Gasteiger partial charge on any atom is -0.481 e. The van der Waals surface area contributed by atoms with E-state index in [1.807, 2.05) is 19.1 Å². The number of aromatic nitrogens is 3. The van der Waals surface area contributed by atoms with E-state index in [9.17, 15) is 4.79 Å². The van der Waals surface area contributed by atoms with Crippen molar-refractivity contribution in [1.82, 2.24) is 14.6 Å². The van der Waals surface area contributed by atoms with E-state index in [0.717, 1.165) is 29.9 Å². The van der Waals surface area contributed by atoms with Crippen LogP contribution >= 0.6 is 0 Å². The average Bonchev–Trinajstić information content (AvgIpc) is 2.96. The molecular weight excluding hydrogens is 244 g/mol. The number of carboxylic acid groups (broad SMARTS) is 1. The quantitative estimate of drug-likeness (QED) is 0.878. The van der Waals surface area contributed by atoms with Crippen molar-refractivity contribution in [2.45, 2.75) is 32.2 Å². The van der Waals surface area contributed by atoms with Gasteiger partial charge in [0.05, 0.1) is 5.92 Å². The molecule has 2 unspecified atom stereocenters. The summed E-state index contributed by atoms with van der Waals surface area (Å²) >= 11 is 0. The monoisotopic (exact) mass is 260 g/mol. The molecule has 2 aromatic heterocycles. The molecule has 1 aliphatic carbocycles. The molecule has 6 nitrogen and oxygen atoms in total. The predicted molar refractivity (Wildman–Crippen MR) is 70.1 cm³/mol. The highest BCUT2D eigenvalue weighted by Crippen LogP contribution is 2.28. The van der Waals surface area contributed by atoms with Crippen molar-refractivity contribution >= 4 is 17.4 Å². The van der Waals surface area contributed by atoms with Crippen LogP contribution in [0.25, 0.3) is 5.65 Å². The molecule has 0 aromatic carbocycles. The van der Waals surface area contributed by atoms with Gasteiger partial charge in [0.15, 0.2) is 5.65 Å². The molecule has 1 fully saturated rings. The van der Waals surface area contributed by atoms with Crippen LogP contribution in [0.5, 0.6) is 0 Å². The summed E-state index contributed by atoms with van der Waals surface area (Å²) in [5.74, 6) is -0.0449. The Morgan fingerprint density at radius 2 is 2.32 bits per heavy atom. The lowest BCUT2D eigenvalue weighted by molar-refractivity contribution is -0.141. The number of anilines is 1. The van der Waals surface area contributed by atoms with Crippen molar-refractivity contribution in [3.8, 4) is 0 Å². The normalized spacial score (nSPS) is 22.8. The lowest BCUT2D eigenvalue weighted by Crippen LogP contribution is -2.19. The van der Waals surface area contributed by atoms with Crippen LogP contribution in [0.15, 0.2) is 18.5 Å². The van der Waals surface area contributed by atoms with E-state index in [1.54, 1.807) is 4.52 Å². The van der Waals surface area contributed by atoms with Gasteiger partial charge in [-0.1, -0.05) is 0 Å². The Morgan fingerprint density at radius 1 is 1.47 bits per heavy atom. The van der Waals surface area contributed by atoms with Crippen LogP contribution in [0, 0.1) is 12.8 Å². The maximum Gasteiger partial charge on any atom is 0.306 e. The van der Waals surface area contributed by atoms with Crippen LogP contribution in [-0.2, 0) is 4.79 Å².